The number of aromatic nitrogens is 4. The van der Waals surface area contributed by atoms with Crippen molar-refractivity contribution in [3.63, 3.8) is 0 Å². The Bertz CT molecular complexity index is 989. The Hall–Kier alpha value is -3.34. The molecule has 0 aliphatic heterocycles. The minimum Gasteiger partial charge on any atom is -0.508 e. The third kappa shape index (κ3) is 3.62. The fraction of sp³-hybridized carbons (Fsp3) is 0.182. The van der Waals surface area contributed by atoms with Crippen LogP contribution in [0.25, 0.3) is 22.5 Å². The van der Waals surface area contributed by atoms with Gasteiger partial charge in [0.2, 0.25) is 0 Å². The van der Waals surface area contributed by atoms with E-state index in [1.54, 1.807) is 18.3 Å². The van der Waals surface area contributed by atoms with Crippen LogP contribution >= 0.6 is 0 Å². The Morgan fingerprint density at radius 3 is 2.44 bits per heavy atom. The summed E-state index contributed by atoms with van der Waals surface area (Å²) >= 11 is 0. The van der Waals surface area contributed by atoms with Gasteiger partial charge in [-0.15, -0.1) is 0 Å². The lowest BCUT2D eigenvalue weighted by atomic mass is 10.0. The predicted octanol–water partition coefficient (Wildman–Crippen LogP) is 4.77. The number of aryl methyl sites for hydroxylation is 1. The molecule has 0 amide bonds. The molecule has 0 aliphatic carbocycles. The van der Waals surface area contributed by atoms with Crippen LogP contribution in [0.1, 0.15) is 19.4 Å². The first-order valence-corrected chi connectivity index (χ1v) is 9.11. The molecule has 0 aliphatic rings. The number of aromatic hydroxyl groups is 1. The minimum absolute atomic E-state index is 0.253. The van der Waals surface area contributed by atoms with Crippen molar-refractivity contribution in [3.05, 3.63) is 79.4 Å². The van der Waals surface area contributed by atoms with Crippen LogP contribution in [0.2, 0.25) is 0 Å². The van der Waals surface area contributed by atoms with Crippen molar-refractivity contribution in [2.45, 2.75) is 25.9 Å². The van der Waals surface area contributed by atoms with Crippen LogP contribution in [0.5, 0.6) is 5.75 Å². The summed E-state index contributed by atoms with van der Waals surface area (Å²) in [6.07, 6.45) is 6.64. The van der Waals surface area contributed by atoms with Crippen molar-refractivity contribution in [2.24, 2.45) is 0 Å². The van der Waals surface area contributed by atoms with Gasteiger partial charge in [-0.2, -0.15) is 5.10 Å². The summed E-state index contributed by atoms with van der Waals surface area (Å²) < 4.78 is 4.17. The number of hydrogen-bond donors (Lipinski definition) is 1. The molecule has 5 heteroatoms. The van der Waals surface area contributed by atoms with Gasteiger partial charge in [-0.25, -0.2) is 4.98 Å². The second-order valence-corrected chi connectivity index (χ2v) is 6.67. The van der Waals surface area contributed by atoms with E-state index in [4.69, 9.17) is 4.98 Å². The van der Waals surface area contributed by atoms with Gasteiger partial charge in [-0.1, -0.05) is 30.3 Å². The summed E-state index contributed by atoms with van der Waals surface area (Å²) in [5.41, 5.74) is 4.13. The summed E-state index contributed by atoms with van der Waals surface area (Å²) in [5, 5.41) is 14.0. The Labute approximate surface area is 158 Å². The molecule has 1 N–H and O–H groups in total. The van der Waals surface area contributed by atoms with E-state index in [0.717, 1.165) is 35.5 Å². The van der Waals surface area contributed by atoms with Gasteiger partial charge in [0.05, 0.1) is 17.7 Å². The van der Waals surface area contributed by atoms with E-state index in [1.807, 2.05) is 53.6 Å². The van der Waals surface area contributed by atoms with Gasteiger partial charge in [0, 0.05) is 36.1 Å². The quantitative estimate of drug-likeness (QED) is 0.540. The Morgan fingerprint density at radius 2 is 1.74 bits per heavy atom. The molecule has 27 heavy (non-hydrogen) atoms. The molecule has 4 rings (SSSR count). The van der Waals surface area contributed by atoms with Gasteiger partial charge in [0.25, 0.3) is 0 Å². The molecule has 5 nitrogen and oxygen atoms in total. The van der Waals surface area contributed by atoms with Crippen molar-refractivity contribution in [2.75, 3.05) is 0 Å². The minimum atomic E-state index is 0.253. The van der Waals surface area contributed by atoms with E-state index in [9.17, 15) is 5.11 Å². The molecular formula is C22H22N4O. The second kappa shape index (κ2) is 7.50. The molecule has 4 aromatic rings. The van der Waals surface area contributed by atoms with Crippen molar-refractivity contribution in [3.8, 4) is 28.3 Å². The number of rotatable bonds is 6. The molecule has 0 saturated carbocycles. The van der Waals surface area contributed by atoms with Crippen molar-refractivity contribution in [1.29, 1.82) is 0 Å². The van der Waals surface area contributed by atoms with Gasteiger partial charge >= 0.3 is 0 Å². The monoisotopic (exact) mass is 358 g/mol. The average molecular weight is 358 g/mol. The van der Waals surface area contributed by atoms with E-state index in [-0.39, 0.29) is 11.8 Å². The lowest BCUT2D eigenvalue weighted by Crippen LogP contribution is -2.10. The molecule has 0 spiro atoms. The Morgan fingerprint density at radius 1 is 0.963 bits per heavy atom. The Kier molecular flexibility index (Phi) is 4.75. The predicted molar refractivity (Wildman–Crippen MR) is 106 cm³/mol. The van der Waals surface area contributed by atoms with E-state index in [1.165, 1.54) is 0 Å². The molecule has 2 aromatic carbocycles. The summed E-state index contributed by atoms with van der Waals surface area (Å²) in [5.74, 6) is 0.262. The zero-order valence-electron chi connectivity index (χ0n) is 15.2. The average Bonchev–Trinajstić information content (AvgIpc) is 3.37. The fourth-order valence-electron chi connectivity index (χ4n) is 3.30. The highest BCUT2D eigenvalue weighted by atomic mass is 16.3. The second-order valence-electron chi connectivity index (χ2n) is 6.67. The third-order valence-electron chi connectivity index (χ3n) is 4.79. The molecule has 2 heterocycles. The lowest BCUT2D eigenvalue weighted by molar-refractivity contribution is 0.449. The zero-order chi connectivity index (χ0) is 18.6. The number of nitrogens with zero attached hydrogens (tertiary/aromatic N) is 4. The topological polar surface area (TPSA) is 55.9 Å². The first-order chi connectivity index (χ1) is 13.2. The van der Waals surface area contributed by atoms with E-state index >= 15 is 0 Å². The van der Waals surface area contributed by atoms with Gasteiger partial charge in [-0.3, -0.25) is 4.68 Å². The van der Waals surface area contributed by atoms with E-state index in [2.05, 4.69) is 28.7 Å². The summed E-state index contributed by atoms with van der Waals surface area (Å²) in [4.78, 5) is 4.73. The summed E-state index contributed by atoms with van der Waals surface area (Å²) in [6.45, 7) is 3.05. The maximum atomic E-state index is 9.68. The molecular weight excluding hydrogens is 336 g/mol. The number of hydrogen-bond acceptors (Lipinski definition) is 3. The van der Waals surface area contributed by atoms with Crippen LogP contribution in [0.15, 0.2) is 79.4 Å². The first-order valence-electron chi connectivity index (χ1n) is 9.11. The molecule has 0 bridgehead atoms. The maximum Gasteiger partial charge on any atom is 0.115 e. The van der Waals surface area contributed by atoms with Crippen molar-refractivity contribution < 1.29 is 5.11 Å². The number of benzene rings is 2. The van der Waals surface area contributed by atoms with Gasteiger partial charge in [0.15, 0.2) is 0 Å². The van der Waals surface area contributed by atoms with E-state index < -0.39 is 0 Å². The smallest absolute Gasteiger partial charge is 0.115 e. The van der Waals surface area contributed by atoms with Crippen LogP contribution < -0.4 is 0 Å². The standard InChI is InChI=1S/C22H22N4O/c1-17(12-15-25-14-5-13-24-25)26-16-23-21(18-6-3-2-4-7-18)22(26)19-8-10-20(27)11-9-19/h2-11,13-14,16-17,27H,12,15H2,1H3/t17-/m1/s1. The highest BCUT2D eigenvalue weighted by Crippen LogP contribution is 2.34. The van der Waals surface area contributed by atoms with Gasteiger partial charge < -0.3 is 9.67 Å². The molecule has 0 saturated heterocycles. The largest absolute Gasteiger partial charge is 0.508 e. The highest BCUT2D eigenvalue weighted by Gasteiger charge is 2.18. The van der Waals surface area contributed by atoms with Gasteiger partial charge in [-0.05, 0) is 43.7 Å². The summed E-state index contributed by atoms with van der Waals surface area (Å²) in [7, 11) is 0. The fourth-order valence-corrected chi connectivity index (χ4v) is 3.30. The van der Waals surface area contributed by atoms with Crippen molar-refractivity contribution >= 4 is 0 Å². The lowest BCUT2D eigenvalue weighted by Gasteiger charge is -2.18. The molecule has 2 aromatic heterocycles. The molecule has 0 unspecified atom stereocenters. The highest BCUT2D eigenvalue weighted by molar-refractivity contribution is 5.78. The van der Waals surface area contributed by atoms with Crippen LogP contribution in [0.3, 0.4) is 0 Å². The Balaban J connectivity index is 1.72. The van der Waals surface area contributed by atoms with Crippen molar-refractivity contribution in [1.82, 2.24) is 19.3 Å². The molecule has 1 atom stereocenters. The molecule has 136 valence electrons. The zero-order valence-corrected chi connectivity index (χ0v) is 15.2. The molecule has 0 radical (unpaired) electrons. The van der Waals surface area contributed by atoms with Gasteiger partial charge in [0.1, 0.15) is 5.75 Å². The molecule has 0 fully saturated rings. The van der Waals surface area contributed by atoms with Crippen LogP contribution in [-0.4, -0.2) is 24.4 Å². The SMILES string of the molecule is C[C@H](CCn1cccn1)n1cnc(-c2ccccc2)c1-c1ccc(O)cc1. The number of phenolic OH excluding ortho intramolecular Hbond substituents is 1. The van der Waals surface area contributed by atoms with Crippen LogP contribution in [-0.2, 0) is 6.54 Å². The normalized spacial score (nSPS) is 12.2. The summed E-state index contributed by atoms with van der Waals surface area (Å²) in [6, 6.07) is 19.7. The third-order valence-corrected chi connectivity index (χ3v) is 4.79. The van der Waals surface area contributed by atoms with Crippen LogP contribution in [0, 0.1) is 0 Å². The maximum absolute atomic E-state index is 9.68. The first kappa shape index (κ1) is 17.1. The van der Waals surface area contributed by atoms with E-state index in [0.29, 0.717) is 0 Å². The number of imidazole rings is 1. The number of phenols is 1. The van der Waals surface area contributed by atoms with Crippen LogP contribution in [0.4, 0.5) is 0 Å².